The smallest absolute Gasteiger partial charge is 0.270 e. The number of rotatable bonds is 17. The molecule has 0 bridgehead atoms. The van der Waals surface area contributed by atoms with Crippen molar-refractivity contribution < 1.29 is 14.4 Å². The van der Waals surface area contributed by atoms with Crippen molar-refractivity contribution in [2.45, 2.75) is 52.2 Å². The highest BCUT2D eigenvalue weighted by atomic mass is 32.1. The van der Waals surface area contributed by atoms with E-state index in [1.54, 1.807) is 52.0 Å². The van der Waals surface area contributed by atoms with Crippen LogP contribution in [-0.4, -0.2) is 55.6 Å². The molecule has 298 valence electrons. The van der Waals surface area contributed by atoms with Gasteiger partial charge in [0.15, 0.2) is 0 Å². The first-order valence-electron chi connectivity index (χ1n) is 19.9. The average molecular weight is 819 g/mol. The Kier molecular flexibility index (Phi) is 13.8. The number of pyridine rings is 1. The van der Waals surface area contributed by atoms with Gasteiger partial charge in [0.1, 0.15) is 21.8 Å². The quantitative estimate of drug-likeness (QED) is 0.0981. The van der Waals surface area contributed by atoms with Gasteiger partial charge in [0.2, 0.25) is 11.8 Å². The van der Waals surface area contributed by atoms with E-state index in [1.807, 2.05) is 84.9 Å². The maximum atomic E-state index is 14.1. The second-order valence-electron chi connectivity index (χ2n) is 14.2. The Morgan fingerprint density at radius 3 is 1.64 bits per heavy atom. The molecule has 0 radical (unpaired) electrons. The molecular weight excluding hydrogens is 773 g/mol. The number of nitrogens with zero attached hydrogens (tertiary/aromatic N) is 5. The largest absolute Gasteiger partial charge is 0.336 e. The molecule has 0 saturated carbocycles. The van der Waals surface area contributed by atoms with Gasteiger partial charge >= 0.3 is 0 Å². The molecule has 9 nitrogen and oxygen atoms in total. The van der Waals surface area contributed by atoms with Crippen molar-refractivity contribution in [2.75, 3.05) is 13.1 Å². The van der Waals surface area contributed by atoms with Gasteiger partial charge in [-0.3, -0.25) is 19.4 Å². The summed E-state index contributed by atoms with van der Waals surface area (Å²) in [5.74, 6) is -0.493. The lowest BCUT2D eigenvalue weighted by Gasteiger charge is -2.27. The van der Waals surface area contributed by atoms with Crippen molar-refractivity contribution >= 4 is 40.4 Å². The third kappa shape index (κ3) is 10.6. The highest BCUT2D eigenvalue weighted by Gasteiger charge is 2.29. The molecule has 0 saturated heterocycles. The second-order valence-corrected chi connectivity index (χ2v) is 16.4. The minimum Gasteiger partial charge on any atom is -0.336 e. The number of aromatic nitrogens is 3. The van der Waals surface area contributed by atoms with E-state index in [0.717, 1.165) is 60.4 Å². The normalized spacial score (nSPS) is 11.5. The van der Waals surface area contributed by atoms with Crippen LogP contribution in [0.4, 0.5) is 0 Å². The van der Waals surface area contributed by atoms with Crippen molar-refractivity contribution in [1.29, 1.82) is 0 Å². The number of benzene rings is 4. The summed E-state index contributed by atoms with van der Waals surface area (Å²) in [5.41, 5.74) is 6.31. The molecule has 11 heteroatoms. The first-order chi connectivity index (χ1) is 28.9. The van der Waals surface area contributed by atoms with Crippen LogP contribution in [0.3, 0.4) is 0 Å². The lowest BCUT2D eigenvalue weighted by molar-refractivity contribution is -0.134. The van der Waals surface area contributed by atoms with E-state index in [1.165, 1.54) is 0 Å². The molecular formula is C48H46N6O3S2. The summed E-state index contributed by atoms with van der Waals surface area (Å²) in [6.45, 7) is 6.17. The molecule has 0 fully saturated rings. The zero-order valence-electron chi connectivity index (χ0n) is 33.2. The van der Waals surface area contributed by atoms with Gasteiger partial charge in [-0.05, 0) is 58.4 Å². The summed E-state index contributed by atoms with van der Waals surface area (Å²) < 4.78 is 0. The fraction of sp³-hybridized carbons (Fsp3) is 0.208. The average Bonchev–Trinajstić information content (AvgIpc) is 3.96. The first-order valence-corrected chi connectivity index (χ1v) is 21.5. The summed E-state index contributed by atoms with van der Waals surface area (Å²) in [7, 11) is 0. The molecule has 3 heterocycles. The fourth-order valence-electron chi connectivity index (χ4n) is 6.81. The van der Waals surface area contributed by atoms with Gasteiger partial charge in [-0.25, -0.2) is 9.97 Å². The van der Waals surface area contributed by atoms with Crippen molar-refractivity contribution in [3.63, 3.8) is 0 Å². The van der Waals surface area contributed by atoms with Crippen LogP contribution in [0.15, 0.2) is 146 Å². The number of hydrogen-bond donors (Lipinski definition) is 1. The van der Waals surface area contributed by atoms with Crippen molar-refractivity contribution in [3.8, 4) is 32.0 Å². The van der Waals surface area contributed by atoms with Gasteiger partial charge in [0.25, 0.3) is 5.91 Å². The van der Waals surface area contributed by atoms with E-state index >= 15 is 0 Å². The van der Waals surface area contributed by atoms with Gasteiger partial charge in [0, 0.05) is 31.7 Å². The Morgan fingerprint density at radius 2 is 1.10 bits per heavy atom. The predicted octanol–water partition coefficient (Wildman–Crippen LogP) is 9.89. The van der Waals surface area contributed by atoms with Crippen LogP contribution in [0.25, 0.3) is 32.0 Å². The molecule has 7 aromatic rings. The maximum absolute atomic E-state index is 14.1. The molecule has 59 heavy (non-hydrogen) atoms. The summed E-state index contributed by atoms with van der Waals surface area (Å²) in [6, 6.07) is 40.4. The molecule has 3 aromatic heterocycles. The van der Waals surface area contributed by atoms with Crippen molar-refractivity contribution in [2.24, 2.45) is 0 Å². The number of nitrogens with one attached hydrogen (secondary N) is 1. The Bertz CT molecular complexity index is 2440. The summed E-state index contributed by atoms with van der Waals surface area (Å²) >= 11 is 3.18. The summed E-state index contributed by atoms with van der Waals surface area (Å²) in [4.78, 5) is 59.8. The zero-order chi connectivity index (χ0) is 41.0. The fourth-order valence-corrected chi connectivity index (χ4v) is 8.69. The van der Waals surface area contributed by atoms with Gasteiger partial charge in [-0.1, -0.05) is 129 Å². The minimum atomic E-state index is -0.874. The summed E-state index contributed by atoms with van der Waals surface area (Å²) in [6.07, 6.45) is 7.35. The van der Waals surface area contributed by atoms with Crippen LogP contribution in [-0.2, 0) is 29.1 Å². The molecule has 7 rings (SSSR count). The predicted molar refractivity (Wildman–Crippen MR) is 237 cm³/mol. The third-order valence-electron chi connectivity index (χ3n) is 9.83. The molecule has 1 atom stereocenters. The second kappa shape index (κ2) is 19.9. The van der Waals surface area contributed by atoms with Crippen LogP contribution in [0.1, 0.15) is 64.4 Å². The molecule has 0 unspecified atom stereocenters. The van der Waals surface area contributed by atoms with Gasteiger partial charge < -0.3 is 15.1 Å². The van der Waals surface area contributed by atoms with Crippen molar-refractivity contribution in [1.82, 2.24) is 30.1 Å². The minimum absolute atomic E-state index is 0.115. The van der Waals surface area contributed by atoms with Gasteiger partial charge in [-0.2, -0.15) is 0 Å². The SMILES string of the molecule is CCCN(Cc1ncc(-c2ccc(-c3ccc(-c4cnc(CN(CCC)C(=O)[C@@H](NC(=O)c5ccccn5)c5ccccc5)s4)cc3)cc2)s1)C(=O)Cc1ccccc1. The lowest BCUT2D eigenvalue weighted by Crippen LogP contribution is -2.43. The van der Waals surface area contributed by atoms with Crippen LogP contribution in [0, 0.1) is 0 Å². The number of carbonyl (C=O) groups is 3. The molecule has 4 aromatic carbocycles. The molecule has 0 aliphatic carbocycles. The van der Waals surface area contributed by atoms with E-state index in [9.17, 15) is 14.4 Å². The molecule has 0 aliphatic rings. The van der Waals surface area contributed by atoms with Gasteiger partial charge in [0.05, 0.1) is 29.3 Å². The lowest BCUT2D eigenvalue weighted by atomic mass is 10.0. The molecule has 0 spiro atoms. The van der Waals surface area contributed by atoms with Crippen LogP contribution in [0.5, 0.6) is 0 Å². The standard InChI is InChI=1S/C48H46N6O3S2/c1-3-27-53(45(55)29-34-13-7-5-8-14-34)32-43-50-30-41(58-43)37-22-18-35(19-23-37)36-20-24-38(25-21-36)42-31-51-44(59-42)33-54(28-4-2)48(57)46(39-15-9-6-10-16-39)52-47(56)40-17-11-12-26-49-40/h5-26,30-31,46H,3-4,27-29,32-33H2,1-2H3,(H,52,56)/t46-/m0/s1. The van der Waals surface area contributed by atoms with Gasteiger partial charge in [-0.15, -0.1) is 22.7 Å². The molecule has 3 amide bonds. The van der Waals surface area contributed by atoms with Crippen LogP contribution in [0.2, 0.25) is 0 Å². The molecule has 0 aliphatic heterocycles. The highest BCUT2D eigenvalue weighted by molar-refractivity contribution is 7.15. The maximum Gasteiger partial charge on any atom is 0.270 e. The Balaban J connectivity index is 0.989. The zero-order valence-corrected chi connectivity index (χ0v) is 34.8. The van der Waals surface area contributed by atoms with E-state index < -0.39 is 11.9 Å². The Labute approximate surface area is 353 Å². The number of amides is 3. The van der Waals surface area contributed by atoms with Crippen LogP contribution < -0.4 is 5.32 Å². The Hall–Kier alpha value is -6.30. The topological polar surface area (TPSA) is 108 Å². The Morgan fingerprint density at radius 1 is 0.593 bits per heavy atom. The number of hydrogen-bond acceptors (Lipinski definition) is 8. The third-order valence-corrected chi connectivity index (χ3v) is 11.9. The highest BCUT2D eigenvalue weighted by Crippen LogP contribution is 2.32. The van der Waals surface area contributed by atoms with Crippen LogP contribution >= 0.6 is 22.7 Å². The van der Waals surface area contributed by atoms with E-state index in [0.29, 0.717) is 38.2 Å². The summed E-state index contributed by atoms with van der Waals surface area (Å²) in [5, 5.41) is 4.67. The van der Waals surface area contributed by atoms with Crippen molar-refractivity contribution in [3.05, 3.63) is 173 Å². The van der Waals surface area contributed by atoms with E-state index in [2.05, 4.69) is 70.7 Å². The first kappa shape index (κ1) is 40.9. The number of carbonyl (C=O) groups excluding carboxylic acids is 3. The monoisotopic (exact) mass is 818 g/mol. The van der Waals surface area contributed by atoms with E-state index in [-0.39, 0.29) is 17.5 Å². The number of thiazole rings is 2. The van der Waals surface area contributed by atoms with E-state index in [4.69, 9.17) is 4.98 Å². The molecule has 1 N–H and O–H groups in total.